The van der Waals surface area contributed by atoms with Gasteiger partial charge in [-0.25, -0.2) is 0 Å². The van der Waals surface area contributed by atoms with Crippen LogP contribution in [0.1, 0.15) is 52.1 Å². The van der Waals surface area contributed by atoms with Crippen molar-refractivity contribution in [3.63, 3.8) is 0 Å². The minimum atomic E-state index is -0.243. The molecule has 10 rings (SSSR count). The van der Waals surface area contributed by atoms with Gasteiger partial charge in [0.2, 0.25) is 0 Å². The summed E-state index contributed by atoms with van der Waals surface area (Å²) < 4.78 is 0. The second kappa shape index (κ2) is 7.34. The zero-order valence-corrected chi connectivity index (χ0v) is 23.0. The summed E-state index contributed by atoms with van der Waals surface area (Å²) >= 11 is 0. The van der Waals surface area contributed by atoms with Gasteiger partial charge in [0, 0.05) is 11.3 Å². The quantitative estimate of drug-likeness (QED) is 0.208. The first-order valence-corrected chi connectivity index (χ1v) is 14.9. The van der Waals surface area contributed by atoms with Gasteiger partial charge in [0.25, 0.3) is 0 Å². The van der Waals surface area contributed by atoms with E-state index < -0.39 is 0 Å². The fraction of sp³-hybridized carbons (Fsp3) is 0.175. The SMILES string of the molecule is CC1(C(C#N)c2cc3ccc4cccc5ccc(c2)c3c45)Cc2c3c4c(ccc5c4c4c(cccc24)CC5)C=CC31. The van der Waals surface area contributed by atoms with Crippen LogP contribution in [-0.2, 0) is 19.3 Å². The molecule has 0 aliphatic heterocycles. The van der Waals surface area contributed by atoms with Crippen molar-refractivity contribution >= 4 is 59.9 Å². The molecule has 3 atom stereocenters. The summed E-state index contributed by atoms with van der Waals surface area (Å²) in [4.78, 5) is 0. The van der Waals surface area contributed by atoms with Crippen molar-refractivity contribution in [1.82, 2.24) is 0 Å². The second-order valence-corrected chi connectivity index (χ2v) is 12.9. The average molecular weight is 522 g/mol. The molecule has 0 radical (unpaired) electrons. The molecule has 0 aromatic heterocycles. The van der Waals surface area contributed by atoms with Crippen LogP contribution in [0.3, 0.4) is 0 Å². The number of benzene rings is 7. The van der Waals surface area contributed by atoms with Gasteiger partial charge in [0.05, 0.1) is 12.0 Å². The maximum absolute atomic E-state index is 11.0. The van der Waals surface area contributed by atoms with Crippen molar-refractivity contribution in [2.45, 2.75) is 38.0 Å². The highest BCUT2D eigenvalue weighted by molar-refractivity contribution is 6.23. The van der Waals surface area contributed by atoms with Crippen LogP contribution in [0.5, 0.6) is 0 Å². The van der Waals surface area contributed by atoms with Gasteiger partial charge in [-0.1, -0.05) is 91.9 Å². The summed E-state index contributed by atoms with van der Waals surface area (Å²) in [7, 11) is 0. The maximum atomic E-state index is 11.0. The smallest absolute Gasteiger partial charge is 0.0778 e. The molecule has 0 amide bonds. The van der Waals surface area contributed by atoms with E-state index in [-0.39, 0.29) is 17.3 Å². The molecule has 0 spiro atoms. The van der Waals surface area contributed by atoms with Crippen molar-refractivity contribution in [2.75, 3.05) is 0 Å². The van der Waals surface area contributed by atoms with Crippen LogP contribution in [0.4, 0.5) is 0 Å². The first-order valence-electron chi connectivity index (χ1n) is 14.9. The number of hydrogen-bond donors (Lipinski definition) is 0. The summed E-state index contributed by atoms with van der Waals surface area (Å²) in [5, 5.41) is 24.5. The number of nitrogens with zero attached hydrogens (tertiary/aromatic N) is 1. The Balaban J connectivity index is 1.23. The Morgan fingerprint density at radius 3 is 2.17 bits per heavy atom. The van der Waals surface area contributed by atoms with E-state index in [1.807, 2.05) is 0 Å². The van der Waals surface area contributed by atoms with Crippen LogP contribution in [0.2, 0.25) is 0 Å². The topological polar surface area (TPSA) is 23.8 Å². The number of allylic oxidation sites excluding steroid dienone is 1. The molecule has 0 saturated heterocycles. The lowest BCUT2D eigenvalue weighted by molar-refractivity contribution is 0.281. The molecule has 0 fully saturated rings. The van der Waals surface area contributed by atoms with Gasteiger partial charge in [0.15, 0.2) is 0 Å². The zero-order chi connectivity index (χ0) is 27.0. The van der Waals surface area contributed by atoms with Crippen LogP contribution in [-0.4, -0.2) is 0 Å². The molecule has 3 aliphatic carbocycles. The Labute approximate surface area is 238 Å². The molecule has 7 aromatic carbocycles. The van der Waals surface area contributed by atoms with Gasteiger partial charge in [-0.2, -0.15) is 5.26 Å². The van der Waals surface area contributed by atoms with E-state index in [0.717, 1.165) is 24.8 Å². The van der Waals surface area contributed by atoms with Gasteiger partial charge < -0.3 is 0 Å². The highest BCUT2D eigenvalue weighted by Gasteiger charge is 2.50. The number of nitriles is 1. The summed E-state index contributed by atoms with van der Waals surface area (Å²) in [5.41, 5.74) is 8.19. The Hall–Kier alpha value is -4.67. The minimum Gasteiger partial charge on any atom is -0.198 e. The number of rotatable bonds is 2. The molecule has 3 unspecified atom stereocenters. The van der Waals surface area contributed by atoms with E-state index in [1.54, 1.807) is 0 Å². The lowest BCUT2D eigenvalue weighted by Gasteiger charge is -2.36. The van der Waals surface area contributed by atoms with Crippen molar-refractivity contribution < 1.29 is 0 Å². The lowest BCUT2D eigenvalue weighted by Crippen LogP contribution is -2.29. The number of hydrogen-bond acceptors (Lipinski definition) is 1. The molecule has 0 N–H and O–H groups in total. The van der Waals surface area contributed by atoms with Crippen LogP contribution < -0.4 is 0 Å². The molecular formula is C40H27N. The first-order chi connectivity index (χ1) is 20.1. The van der Waals surface area contributed by atoms with Crippen LogP contribution in [0.15, 0.2) is 91.0 Å². The van der Waals surface area contributed by atoms with Crippen molar-refractivity contribution in [2.24, 2.45) is 5.41 Å². The molecular weight excluding hydrogens is 494 g/mol. The monoisotopic (exact) mass is 521 g/mol. The van der Waals surface area contributed by atoms with Crippen LogP contribution in [0.25, 0.3) is 59.9 Å². The third kappa shape index (κ3) is 2.58. The van der Waals surface area contributed by atoms with Gasteiger partial charge in [-0.3, -0.25) is 0 Å². The largest absolute Gasteiger partial charge is 0.198 e. The predicted octanol–water partition coefficient (Wildman–Crippen LogP) is 9.97. The van der Waals surface area contributed by atoms with Crippen LogP contribution >= 0.6 is 0 Å². The van der Waals surface area contributed by atoms with E-state index in [0.29, 0.717) is 0 Å². The Morgan fingerprint density at radius 1 is 0.732 bits per heavy atom. The molecule has 41 heavy (non-hydrogen) atoms. The minimum absolute atomic E-state index is 0.214. The number of aryl methyl sites for hydroxylation is 2. The van der Waals surface area contributed by atoms with E-state index >= 15 is 0 Å². The third-order valence-corrected chi connectivity index (χ3v) is 11.0. The van der Waals surface area contributed by atoms with Gasteiger partial charge in [0.1, 0.15) is 0 Å². The summed E-state index contributed by atoms with van der Waals surface area (Å²) in [6.45, 7) is 2.38. The molecule has 7 aromatic rings. The molecule has 1 nitrogen and oxygen atoms in total. The average Bonchev–Trinajstić information content (AvgIpc) is 3.32. The predicted molar refractivity (Wildman–Crippen MR) is 171 cm³/mol. The summed E-state index contributed by atoms with van der Waals surface area (Å²) in [6.07, 6.45) is 7.91. The van der Waals surface area contributed by atoms with Crippen LogP contribution in [0, 0.1) is 16.7 Å². The fourth-order valence-electron chi connectivity index (χ4n) is 9.20. The molecule has 3 aliphatic rings. The third-order valence-electron chi connectivity index (χ3n) is 11.0. The molecule has 1 heteroatoms. The standard InChI is InChI=1S/C40H27N/c1-40(33(21-41)29-18-27-14-12-22-4-2-5-23-13-15-28(19-29)35(27)34(22)23)20-31-30-7-3-6-24-8-9-25-10-11-26-16-17-32(40)39(31)38(26)37(25)36(24)30/h2-7,10-19,32-33H,8-9,20H2,1H3. The van der Waals surface area contributed by atoms with Crippen molar-refractivity contribution in [3.8, 4) is 6.07 Å². The zero-order valence-electron chi connectivity index (χ0n) is 23.0. The fourth-order valence-corrected chi connectivity index (χ4v) is 9.20. The molecule has 0 heterocycles. The Morgan fingerprint density at radius 2 is 1.41 bits per heavy atom. The Kier molecular flexibility index (Phi) is 3.95. The van der Waals surface area contributed by atoms with Gasteiger partial charge >= 0.3 is 0 Å². The van der Waals surface area contributed by atoms with E-state index in [2.05, 4.69) is 110 Å². The molecule has 192 valence electrons. The van der Waals surface area contributed by atoms with Gasteiger partial charge in [-0.15, -0.1) is 0 Å². The van der Waals surface area contributed by atoms with Crippen molar-refractivity contribution in [3.05, 3.63) is 124 Å². The van der Waals surface area contributed by atoms with E-state index in [1.165, 1.54) is 81.7 Å². The Bertz CT molecular complexity index is 2320. The highest BCUT2D eigenvalue weighted by Crippen LogP contribution is 2.61. The molecule has 0 saturated carbocycles. The lowest BCUT2D eigenvalue weighted by atomic mass is 9.65. The van der Waals surface area contributed by atoms with E-state index in [9.17, 15) is 5.26 Å². The normalized spacial score (nSPS) is 21.1. The first kappa shape index (κ1) is 22.1. The number of fused-ring (bicyclic) bond motifs is 1. The summed E-state index contributed by atoms with van der Waals surface area (Å²) in [6, 6.07) is 34.6. The maximum Gasteiger partial charge on any atom is 0.0778 e. The highest BCUT2D eigenvalue weighted by atomic mass is 14.5. The molecule has 0 bridgehead atoms. The van der Waals surface area contributed by atoms with Crippen molar-refractivity contribution in [1.29, 1.82) is 5.26 Å². The van der Waals surface area contributed by atoms with E-state index in [4.69, 9.17) is 0 Å². The van der Waals surface area contributed by atoms with Gasteiger partial charge in [-0.05, 0) is 119 Å². The second-order valence-electron chi connectivity index (χ2n) is 12.9. The summed E-state index contributed by atoms with van der Waals surface area (Å²) in [5.74, 6) is -0.0136.